The minimum atomic E-state index is -0.383. The quantitative estimate of drug-likeness (QED) is 0.360. The van der Waals surface area contributed by atoms with Crippen LogP contribution >= 0.6 is 0 Å². The number of aryl methyl sites for hydroxylation is 1. The van der Waals surface area contributed by atoms with Crippen LogP contribution in [0.5, 0.6) is 11.5 Å². The Hall–Kier alpha value is -1.91. The third kappa shape index (κ3) is 4.16. The van der Waals surface area contributed by atoms with Gasteiger partial charge in [-0.05, 0) is 37.5 Å². The van der Waals surface area contributed by atoms with E-state index in [1.54, 1.807) is 19.1 Å². The van der Waals surface area contributed by atoms with Crippen molar-refractivity contribution in [3.05, 3.63) is 35.9 Å². The van der Waals surface area contributed by atoms with Gasteiger partial charge in [0.15, 0.2) is 5.75 Å². The Balaban J connectivity index is 2.40. The van der Waals surface area contributed by atoms with Crippen molar-refractivity contribution in [3.63, 3.8) is 0 Å². The van der Waals surface area contributed by atoms with Gasteiger partial charge in [-0.1, -0.05) is 12.6 Å². The lowest BCUT2D eigenvalue weighted by atomic mass is 10.1. The van der Waals surface area contributed by atoms with Crippen LogP contribution in [-0.4, -0.2) is 25.7 Å². The largest absolute Gasteiger partial charge is 0.565 e. The first-order chi connectivity index (χ1) is 8.54. The standard InChI is InChI=1S/C13H15BO4/c1-9(2)13(16)17-7-3-4-10-5-6-11(15)12(8-10)18-14/h5-6,8,15H,1,3-4,7H2,2H3. The second kappa shape index (κ2) is 6.74. The lowest BCUT2D eigenvalue weighted by Crippen LogP contribution is -2.06. The highest BCUT2D eigenvalue weighted by Crippen LogP contribution is 2.26. The normalized spacial score (nSPS) is 9.83. The maximum Gasteiger partial charge on any atom is 0.374 e. The summed E-state index contributed by atoms with van der Waals surface area (Å²) < 4.78 is 9.48. The van der Waals surface area contributed by atoms with Crippen LogP contribution in [0.15, 0.2) is 30.4 Å². The Morgan fingerprint density at radius 1 is 1.50 bits per heavy atom. The Morgan fingerprint density at radius 3 is 2.83 bits per heavy atom. The van der Waals surface area contributed by atoms with E-state index in [9.17, 15) is 9.90 Å². The molecule has 0 saturated carbocycles. The van der Waals surface area contributed by atoms with Gasteiger partial charge in [0.2, 0.25) is 0 Å². The number of ether oxygens (including phenoxy) is 1. The molecule has 1 rings (SSSR count). The van der Waals surface area contributed by atoms with Crippen molar-refractivity contribution in [2.75, 3.05) is 6.61 Å². The fourth-order valence-electron chi connectivity index (χ4n) is 1.37. The number of hydrogen-bond acceptors (Lipinski definition) is 4. The number of hydrogen-bond donors (Lipinski definition) is 1. The van der Waals surface area contributed by atoms with Crippen LogP contribution in [0, 0.1) is 0 Å². The minimum Gasteiger partial charge on any atom is -0.565 e. The number of esters is 1. The smallest absolute Gasteiger partial charge is 0.374 e. The second-order valence-corrected chi connectivity index (χ2v) is 3.94. The molecule has 0 atom stereocenters. The summed E-state index contributed by atoms with van der Waals surface area (Å²) in [6.07, 6.45) is 1.37. The van der Waals surface area contributed by atoms with Crippen molar-refractivity contribution < 1.29 is 19.3 Å². The zero-order valence-electron chi connectivity index (χ0n) is 10.3. The number of benzene rings is 1. The number of aromatic hydroxyl groups is 1. The zero-order valence-corrected chi connectivity index (χ0v) is 10.3. The van der Waals surface area contributed by atoms with Crippen LogP contribution in [0.4, 0.5) is 0 Å². The van der Waals surface area contributed by atoms with Crippen molar-refractivity contribution in [3.8, 4) is 11.5 Å². The summed E-state index contributed by atoms with van der Waals surface area (Å²) >= 11 is 0. The molecular weight excluding hydrogens is 231 g/mol. The van der Waals surface area contributed by atoms with Gasteiger partial charge >= 0.3 is 14.0 Å². The van der Waals surface area contributed by atoms with E-state index >= 15 is 0 Å². The summed E-state index contributed by atoms with van der Waals surface area (Å²) in [5, 5.41) is 9.36. The second-order valence-electron chi connectivity index (χ2n) is 3.94. The lowest BCUT2D eigenvalue weighted by Gasteiger charge is -2.07. The Kier molecular flexibility index (Phi) is 5.30. The molecule has 0 saturated heterocycles. The molecule has 0 aliphatic heterocycles. The van der Waals surface area contributed by atoms with Gasteiger partial charge < -0.3 is 14.5 Å². The highest BCUT2D eigenvalue weighted by atomic mass is 16.5. The lowest BCUT2D eigenvalue weighted by molar-refractivity contribution is -0.139. The van der Waals surface area contributed by atoms with Gasteiger partial charge in [-0.3, -0.25) is 0 Å². The molecule has 0 bridgehead atoms. The van der Waals surface area contributed by atoms with E-state index in [-0.39, 0.29) is 17.5 Å². The summed E-state index contributed by atoms with van der Waals surface area (Å²) in [4.78, 5) is 11.1. The summed E-state index contributed by atoms with van der Waals surface area (Å²) in [6, 6.07) is 4.92. The maximum absolute atomic E-state index is 11.1. The first-order valence-corrected chi connectivity index (χ1v) is 5.56. The molecule has 4 nitrogen and oxygen atoms in total. The number of rotatable bonds is 6. The topological polar surface area (TPSA) is 55.8 Å². The third-order valence-electron chi connectivity index (χ3n) is 2.34. The van der Waals surface area contributed by atoms with Gasteiger partial charge in [-0.2, -0.15) is 0 Å². The monoisotopic (exact) mass is 246 g/mol. The fourth-order valence-corrected chi connectivity index (χ4v) is 1.37. The number of phenols is 1. The highest BCUT2D eigenvalue weighted by molar-refractivity contribution is 6.00. The van der Waals surface area contributed by atoms with E-state index in [0.29, 0.717) is 25.0 Å². The van der Waals surface area contributed by atoms with Gasteiger partial charge in [0, 0.05) is 5.57 Å². The van der Waals surface area contributed by atoms with Gasteiger partial charge in [0.1, 0.15) is 5.75 Å². The molecule has 0 fully saturated rings. The van der Waals surface area contributed by atoms with Crippen molar-refractivity contribution in [1.82, 2.24) is 0 Å². The van der Waals surface area contributed by atoms with Gasteiger partial charge in [0.05, 0.1) is 6.61 Å². The van der Waals surface area contributed by atoms with E-state index in [1.807, 2.05) is 0 Å². The summed E-state index contributed by atoms with van der Waals surface area (Å²) in [5.41, 5.74) is 1.33. The average Bonchev–Trinajstić information content (AvgIpc) is 2.35. The van der Waals surface area contributed by atoms with E-state index in [0.717, 1.165) is 5.56 Å². The predicted molar refractivity (Wildman–Crippen MR) is 68.6 cm³/mol. The fraction of sp³-hybridized carbons (Fsp3) is 0.308. The molecule has 0 unspecified atom stereocenters. The molecule has 0 spiro atoms. The highest BCUT2D eigenvalue weighted by Gasteiger charge is 2.04. The minimum absolute atomic E-state index is 0.00467. The maximum atomic E-state index is 11.1. The molecule has 94 valence electrons. The first kappa shape index (κ1) is 14.2. The molecule has 0 aliphatic rings. The number of carbonyl (C=O) groups is 1. The SMILES string of the molecule is [B]Oc1cc(CCCOC(=O)C(=C)C)ccc1O. The molecular formula is C13H15BO4. The molecule has 1 N–H and O–H groups in total. The molecule has 18 heavy (non-hydrogen) atoms. The Labute approximate surface area is 108 Å². The van der Waals surface area contributed by atoms with Crippen LogP contribution in [0.2, 0.25) is 0 Å². The van der Waals surface area contributed by atoms with Crippen LogP contribution in [0.25, 0.3) is 0 Å². The summed E-state index contributed by atoms with van der Waals surface area (Å²) in [5.74, 6) is -0.159. The predicted octanol–water partition coefficient (Wildman–Crippen LogP) is 1.91. The van der Waals surface area contributed by atoms with Crippen molar-refractivity contribution in [1.29, 1.82) is 0 Å². The molecule has 2 radical (unpaired) electrons. The molecule has 0 amide bonds. The van der Waals surface area contributed by atoms with E-state index in [4.69, 9.17) is 12.8 Å². The zero-order chi connectivity index (χ0) is 13.5. The molecule has 1 aromatic rings. The molecule has 5 heteroatoms. The van der Waals surface area contributed by atoms with Crippen LogP contribution < -0.4 is 4.65 Å². The Bertz CT molecular complexity index is 443. The van der Waals surface area contributed by atoms with Crippen LogP contribution in [0.3, 0.4) is 0 Å². The van der Waals surface area contributed by atoms with Gasteiger partial charge in [-0.25, -0.2) is 4.79 Å². The summed E-state index contributed by atoms with van der Waals surface area (Å²) in [7, 11) is 5.01. The molecule has 1 aromatic carbocycles. The van der Waals surface area contributed by atoms with Crippen molar-refractivity contribution in [2.24, 2.45) is 0 Å². The van der Waals surface area contributed by atoms with E-state index in [1.165, 1.54) is 6.07 Å². The average molecular weight is 246 g/mol. The molecule has 0 heterocycles. The number of phenolic OH excluding ortho intramolecular Hbond substituents is 1. The molecule has 0 aromatic heterocycles. The third-order valence-corrected chi connectivity index (χ3v) is 2.34. The van der Waals surface area contributed by atoms with Crippen molar-refractivity contribution >= 4 is 14.0 Å². The van der Waals surface area contributed by atoms with Gasteiger partial charge in [0.25, 0.3) is 0 Å². The van der Waals surface area contributed by atoms with Gasteiger partial charge in [-0.15, -0.1) is 0 Å². The first-order valence-electron chi connectivity index (χ1n) is 5.56. The van der Waals surface area contributed by atoms with E-state index in [2.05, 4.69) is 11.2 Å². The van der Waals surface area contributed by atoms with Crippen LogP contribution in [0.1, 0.15) is 18.9 Å². The van der Waals surface area contributed by atoms with Crippen molar-refractivity contribution in [2.45, 2.75) is 19.8 Å². The van der Waals surface area contributed by atoms with E-state index < -0.39 is 0 Å². The van der Waals surface area contributed by atoms with Crippen LogP contribution in [-0.2, 0) is 16.0 Å². The summed E-state index contributed by atoms with van der Waals surface area (Å²) in [6.45, 7) is 5.42. The Morgan fingerprint density at radius 2 is 2.22 bits per heavy atom. The molecule has 0 aliphatic carbocycles. The number of carbonyl (C=O) groups excluding carboxylic acids is 1.